The Morgan fingerprint density at radius 3 is 2.60 bits per heavy atom. The van der Waals surface area contributed by atoms with Crippen LogP contribution < -0.4 is 0 Å². The summed E-state index contributed by atoms with van der Waals surface area (Å²) in [6.45, 7) is 1.90. The number of carbonyl (C=O) groups excluding carboxylic acids is 1. The minimum Gasteiger partial charge on any atom is -0.335 e. The van der Waals surface area contributed by atoms with Crippen LogP contribution in [0.5, 0.6) is 0 Å². The van der Waals surface area contributed by atoms with Gasteiger partial charge in [0, 0.05) is 28.7 Å². The molecular weight excluding hydrogens is 335 g/mol. The number of alkyl halides is 3. The molecule has 1 aromatic rings. The number of hydrogen-bond acceptors (Lipinski definition) is 1. The van der Waals surface area contributed by atoms with E-state index in [1.807, 2.05) is 6.07 Å². The molecule has 2 nitrogen and oxygen atoms in total. The van der Waals surface area contributed by atoms with Gasteiger partial charge in [0.1, 0.15) is 0 Å². The number of carbonyl (C=O) groups is 1. The molecule has 1 aliphatic rings. The van der Waals surface area contributed by atoms with E-state index in [9.17, 15) is 18.0 Å². The minimum absolute atomic E-state index is 0.000367. The van der Waals surface area contributed by atoms with E-state index in [0.29, 0.717) is 5.56 Å². The van der Waals surface area contributed by atoms with Crippen molar-refractivity contribution < 1.29 is 18.0 Å². The van der Waals surface area contributed by atoms with Crippen LogP contribution in [0, 0.1) is 6.92 Å². The van der Waals surface area contributed by atoms with Crippen LogP contribution in [0.1, 0.15) is 22.3 Å². The first-order chi connectivity index (χ1) is 9.30. The van der Waals surface area contributed by atoms with Crippen molar-refractivity contribution in [2.75, 3.05) is 13.1 Å². The van der Waals surface area contributed by atoms with Gasteiger partial charge in [0.2, 0.25) is 0 Å². The summed E-state index contributed by atoms with van der Waals surface area (Å²) in [6.07, 6.45) is -3.35. The first-order valence-corrected chi connectivity index (χ1v) is 6.90. The van der Waals surface area contributed by atoms with E-state index < -0.39 is 11.7 Å². The van der Waals surface area contributed by atoms with Gasteiger partial charge >= 0.3 is 6.18 Å². The van der Waals surface area contributed by atoms with E-state index in [2.05, 4.69) is 15.9 Å². The normalized spacial score (nSPS) is 16.1. The van der Waals surface area contributed by atoms with Gasteiger partial charge in [-0.05, 0) is 31.0 Å². The molecule has 0 saturated carbocycles. The summed E-state index contributed by atoms with van der Waals surface area (Å²) in [6, 6.07) is 5.25. The highest BCUT2D eigenvalue weighted by Crippen LogP contribution is 2.30. The molecule has 0 aromatic heterocycles. The molecule has 0 fully saturated rings. The van der Waals surface area contributed by atoms with Crippen LogP contribution in [0.3, 0.4) is 0 Å². The SMILES string of the molecule is Cc1c(Br)cccc1C(=O)N1CC=C(C(F)(F)F)CC1. The number of amides is 1. The van der Waals surface area contributed by atoms with Crippen LogP contribution in [-0.2, 0) is 0 Å². The summed E-state index contributed by atoms with van der Waals surface area (Å²) < 4.78 is 38.4. The fraction of sp³-hybridized carbons (Fsp3) is 0.357. The van der Waals surface area contributed by atoms with Crippen LogP contribution >= 0.6 is 15.9 Å². The van der Waals surface area contributed by atoms with E-state index in [0.717, 1.165) is 16.1 Å². The molecule has 1 amide bonds. The molecule has 108 valence electrons. The summed E-state index contributed by atoms with van der Waals surface area (Å²) >= 11 is 3.34. The molecule has 0 atom stereocenters. The van der Waals surface area contributed by atoms with E-state index in [-0.39, 0.29) is 25.4 Å². The van der Waals surface area contributed by atoms with Crippen LogP contribution in [0.15, 0.2) is 34.3 Å². The molecule has 1 aliphatic heterocycles. The fourth-order valence-corrected chi connectivity index (χ4v) is 2.49. The average molecular weight is 348 g/mol. The number of hydrogen-bond donors (Lipinski definition) is 0. The summed E-state index contributed by atoms with van der Waals surface area (Å²) in [5.41, 5.74) is 0.763. The van der Waals surface area contributed by atoms with Crippen molar-refractivity contribution in [3.8, 4) is 0 Å². The first-order valence-electron chi connectivity index (χ1n) is 6.11. The summed E-state index contributed by atoms with van der Waals surface area (Å²) in [5.74, 6) is -0.235. The fourth-order valence-electron chi connectivity index (χ4n) is 2.12. The summed E-state index contributed by atoms with van der Waals surface area (Å²) in [4.78, 5) is 13.8. The molecule has 0 N–H and O–H groups in total. The average Bonchev–Trinajstić information content (AvgIpc) is 2.40. The Bertz CT molecular complexity index is 566. The van der Waals surface area contributed by atoms with E-state index in [4.69, 9.17) is 0 Å². The van der Waals surface area contributed by atoms with E-state index in [1.165, 1.54) is 4.90 Å². The van der Waals surface area contributed by atoms with Crippen molar-refractivity contribution in [3.63, 3.8) is 0 Å². The third kappa shape index (κ3) is 3.06. The number of benzene rings is 1. The molecule has 0 bridgehead atoms. The molecule has 6 heteroatoms. The zero-order chi connectivity index (χ0) is 14.9. The molecule has 20 heavy (non-hydrogen) atoms. The molecule has 2 rings (SSSR count). The van der Waals surface area contributed by atoms with Gasteiger partial charge in [0.15, 0.2) is 0 Å². The van der Waals surface area contributed by atoms with Gasteiger partial charge in [-0.25, -0.2) is 0 Å². The predicted molar refractivity (Wildman–Crippen MR) is 73.5 cm³/mol. The first kappa shape index (κ1) is 15.1. The maximum Gasteiger partial charge on any atom is 0.412 e. The lowest BCUT2D eigenvalue weighted by Crippen LogP contribution is -2.37. The van der Waals surface area contributed by atoms with Crippen molar-refractivity contribution in [1.29, 1.82) is 0 Å². The highest BCUT2D eigenvalue weighted by Gasteiger charge is 2.35. The lowest BCUT2D eigenvalue weighted by molar-refractivity contribution is -0.0957. The van der Waals surface area contributed by atoms with Crippen molar-refractivity contribution in [3.05, 3.63) is 45.4 Å². The van der Waals surface area contributed by atoms with Gasteiger partial charge < -0.3 is 4.90 Å². The molecule has 0 aliphatic carbocycles. The summed E-state index contributed by atoms with van der Waals surface area (Å²) in [5, 5.41) is 0. The third-order valence-electron chi connectivity index (χ3n) is 3.36. The van der Waals surface area contributed by atoms with Crippen LogP contribution in [-0.4, -0.2) is 30.1 Å². The molecule has 0 spiro atoms. The molecule has 1 heterocycles. The van der Waals surface area contributed by atoms with Crippen molar-refractivity contribution in [2.24, 2.45) is 0 Å². The minimum atomic E-state index is -4.29. The summed E-state index contributed by atoms with van der Waals surface area (Å²) in [7, 11) is 0. The van der Waals surface area contributed by atoms with Gasteiger partial charge in [-0.15, -0.1) is 0 Å². The Labute approximate surface area is 123 Å². The number of nitrogens with zero attached hydrogens (tertiary/aromatic N) is 1. The molecule has 0 unspecified atom stereocenters. The molecular formula is C14H13BrF3NO. The third-order valence-corrected chi connectivity index (χ3v) is 4.22. The second-order valence-corrected chi connectivity index (χ2v) is 5.50. The monoisotopic (exact) mass is 347 g/mol. The van der Waals surface area contributed by atoms with Crippen LogP contribution in [0.4, 0.5) is 13.2 Å². The Morgan fingerprint density at radius 2 is 2.05 bits per heavy atom. The smallest absolute Gasteiger partial charge is 0.335 e. The lowest BCUT2D eigenvalue weighted by Gasteiger charge is -2.28. The Morgan fingerprint density at radius 1 is 1.35 bits per heavy atom. The van der Waals surface area contributed by atoms with Gasteiger partial charge in [-0.1, -0.05) is 28.1 Å². The van der Waals surface area contributed by atoms with Gasteiger partial charge in [-0.3, -0.25) is 4.79 Å². The van der Waals surface area contributed by atoms with Gasteiger partial charge in [0.25, 0.3) is 5.91 Å². The van der Waals surface area contributed by atoms with Gasteiger partial charge in [-0.2, -0.15) is 13.2 Å². The molecule has 0 saturated heterocycles. The Hall–Kier alpha value is -1.30. The zero-order valence-electron chi connectivity index (χ0n) is 10.8. The molecule has 0 radical (unpaired) electrons. The predicted octanol–water partition coefficient (Wildman–Crippen LogP) is 4.09. The van der Waals surface area contributed by atoms with E-state index >= 15 is 0 Å². The zero-order valence-corrected chi connectivity index (χ0v) is 12.4. The van der Waals surface area contributed by atoms with Crippen molar-refractivity contribution >= 4 is 21.8 Å². The number of halogens is 4. The Kier molecular flexibility index (Phi) is 4.22. The van der Waals surface area contributed by atoms with Crippen LogP contribution in [0.25, 0.3) is 0 Å². The second-order valence-electron chi connectivity index (χ2n) is 4.64. The lowest BCUT2D eigenvalue weighted by atomic mass is 10.0. The maximum atomic E-state index is 12.5. The standard InChI is InChI=1S/C14H13BrF3NO/c1-9-11(3-2-4-12(9)15)13(20)19-7-5-10(6-8-19)14(16,17)18/h2-5H,6-8H2,1H3. The highest BCUT2D eigenvalue weighted by molar-refractivity contribution is 9.10. The quantitative estimate of drug-likeness (QED) is 0.700. The van der Waals surface area contributed by atoms with Crippen LogP contribution in [0.2, 0.25) is 0 Å². The highest BCUT2D eigenvalue weighted by atomic mass is 79.9. The van der Waals surface area contributed by atoms with Gasteiger partial charge in [0.05, 0.1) is 0 Å². The van der Waals surface area contributed by atoms with E-state index in [1.54, 1.807) is 19.1 Å². The molecule has 1 aromatic carbocycles. The maximum absolute atomic E-state index is 12.5. The van der Waals surface area contributed by atoms with Crippen molar-refractivity contribution in [1.82, 2.24) is 4.90 Å². The second kappa shape index (κ2) is 5.60. The number of rotatable bonds is 1. The topological polar surface area (TPSA) is 20.3 Å². The van der Waals surface area contributed by atoms with Crippen molar-refractivity contribution in [2.45, 2.75) is 19.5 Å². The largest absolute Gasteiger partial charge is 0.412 e. The Balaban J connectivity index is 2.17.